The number of piperidine rings is 1. The maximum Gasteiger partial charge on any atom is 0.321 e. The summed E-state index contributed by atoms with van der Waals surface area (Å²) in [6, 6.07) is 7.42. The molecule has 3 amide bonds. The fourth-order valence-electron chi connectivity index (χ4n) is 2.73. The predicted octanol–water partition coefficient (Wildman–Crippen LogP) is 3.12. The SMILES string of the molecule is CCC(C)(C)OCc1ccccc1NC(=O)N1CCC[C@H](C(N)=O)C1. The Balaban J connectivity index is 2.02. The first-order chi connectivity index (χ1) is 11.8. The van der Waals surface area contributed by atoms with Gasteiger partial charge in [0.2, 0.25) is 5.91 Å². The van der Waals surface area contributed by atoms with Crippen molar-refractivity contribution in [3.8, 4) is 0 Å². The Morgan fingerprint density at radius 2 is 2.08 bits per heavy atom. The van der Waals surface area contributed by atoms with Crippen molar-refractivity contribution in [3.63, 3.8) is 0 Å². The summed E-state index contributed by atoms with van der Waals surface area (Å²) in [7, 11) is 0. The molecule has 3 N–H and O–H groups in total. The fourth-order valence-corrected chi connectivity index (χ4v) is 2.73. The number of carbonyl (C=O) groups excluding carboxylic acids is 2. The minimum absolute atomic E-state index is 0.201. The van der Waals surface area contributed by atoms with Crippen LogP contribution in [0.2, 0.25) is 0 Å². The van der Waals surface area contributed by atoms with E-state index in [4.69, 9.17) is 10.5 Å². The predicted molar refractivity (Wildman–Crippen MR) is 98.1 cm³/mol. The Labute approximate surface area is 149 Å². The highest BCUT2D eigenvalue weighted by Gasteiger charge is 2.27. The minimum atomic E-state index is -0.340. The van der Waals surface area contributed by atoms with Gasteiger partial charge in [0.15, 0.2) is 0 Å². The van der Waals surface area contributed by atoms with E-state index >= 15 is 0 Å². The van der Waals surface area contributed by atoms with Crippen LogP contribution in [0, 0.1) is 5.92 Å². The number of anilines is 1. The average Bonchev–Trinajstić information content (AvgIpc) is 2.61. The van der Waals surface area contributed by atoms with Gasteiger partial charge in [-0.3, -0.25) is 4.79 Å². The molecule has 0 radical (unpaired) electrons. The standard InChI is InChI=1S/C19H29N3O3/c1-4-19(2,3)25-13-15-8-5-6-10-16(15)21-18(24)22-11-7-9-14(12-22)17(20)23/h5-6,8,10,14H,4,7,9,11-13H2,1-3H3,(H2,20,23)(H,21,24)/t14-/m0/s1. The number of likely N-dealkylation sites (tertiary alicyclic amines) is 1. The Hall–Kier alpha value is -2.08. The Kier molecular flexibility index (Phi) is 6.42. The van der Waals surface area contributed by atoms with E-state index in [9.17, 15) is 9.59 Å². The third-order valence-electron chi connectivity index (χ3n) is 4.84. The Morgan fingerprint density at radius 3 is 2.76 bits per heavy atom. The van der Waals surface area contributed by atoms with Crippen molar-refractivity contribution in [3.05, 3.63) is 29.8 Å². The van der Waals surface area contributed by atoms with Crippen molar-refractivity contribution < 1.29 is 14.3 Å². The Morgan fingerprint density at radius 1 is 1.36 bits per heavy atom. The van der Waals surface area contributed by atoms with Crippen molar-refractivity contribution in [2.75, 3.05) is 18.4 Å². The molecule has 0 spiro atoms. The van der Waals surface area contributed by atoms with Gasteiger partial charge < -0.3 is 20.7 Å². The van der Waals surface area contributed by atoms with Crippen LogP contribution in [0.15, 0.2) is 24.3 Å². The number of ether oxygens (including phenoxy) is 1. The van der Waals surface area contributed by atoms with Gasteiger partial charge in [0.1, 0.15) is 0 Å². The quantitative estimate of drug-likeness (QED) is 0.829. The summed E-state index contributed by atoms with van der Waals surface area (Å²) in [6.45, 7) is 7.62. The number of nitrogens with zero attached hydrogens (tertiary/aromatic N) is 1. The molecule has 1 atom stereocenters. The largest absolute Gasteiger partial charge is 0.371 e. The molecule has 0 aliphatic carbocycles. The molecule has 1 fully saturated rings. The molecule has 138 valence electrons. The van der Waals surface area contributed by atoms with Crippen LogP contribution in [-0.2, 0) is 16.1 Å². The van der Waals surface area contributed by atoms with Crippen molar-refractivity contribution >= 4 is 17.6 Å². The lowest BCUT2D eigenvalue weighted by atomic mass is 9.98. The van der Waals surface area contributed by atoms with Crippen LogP contribution in [0.25, 0.3) is 0 Å². The molecule has 6 heteroatoms. The summed E-state index contributed by atoms with van der Waals surface area (Å²) in [6.07, 6.45) is 2.44. The second-order valence-electron chi connectivity index (χ2n) is 7.18. The smallest absolute Gasteiger partial charge is 0.321 e. The van der Waals surface area contributed by atoms with E-state index in [1.54, 1.807) is 4.90 Å². The van der Waals surface area contributed by atoms with Crippen molar-refractivity contribution in [1.29, 1.82) is 0 Å². The molecule has 1 aliphatic rings. The van der Waals surface area contributed by atoms with Crippen LogP contribution in [0.3, 0.4) is 0 Å². The topological polar surface area (TPSA) is 84.7 Å². The number of carbonyl (C=O) groups is 2. The molecule has 1 saturated heterocycles. The third-order valence-corrected chi connectivity index (χ3v) is 4.84. The normalized spacial score (nSPS) is 18.0. The highest BCUT2D eigenvalue weighted by atomic mass is 16.5. The van der Waals surface area contributed by atoms with Gasteiger partial charge in [-0.15, -0.1) is 0 Å². The molecule has 6 nitrogen and oxygen atoms in total. The molecule has 0 bridgehead atoms. The number of nitrogens with one attached hydrogen (secondary N) is 1. The van der Waals surface area contributed by atoms with E-state index in [0.717, 1.165) is 30.5 Å². The lowest BCUT2D eigenvalue weighted by Crippen LogP contribution is -2.45. The van der Waals surface area contributed by atoms with Gasteiger partial charge in [-0.25, -0.2) is 4.79 Å². The highest BCUT2D eigenvalue weighted by molar-refractivity contribution is 5.90. The van der Waals surface area contributed by atoms with Gasteiger partial charge >= 0.3 is 6.03 Å². The number of primary amides is 1. The number of hydrogen-bond acceptors (Lipinski definition) is 3. The number of hydrogen-bond donors (Lipinski definition) is 2. The van der Waals surface area contributed by atoms with E-state index in [-0.39, 0.29) is 23.5 Å². The van der Waals surface area contributed by atoms with Gasteiger partial charge in [-0.1, -0.05) is 25.1 Å². The van der Waals surface area contributed by atoms with Crippen LogP contribution in [0.1, 0.15) is 45.6 Å². The van der Waals surface area contributed by atoms with Crippen LogP contribution >= 0.6 is 0 Å². The zero-order valence-electron chi connectivity index (χ0n) is 15.4. The van der Waals surface area contributed by atoms with Crippen LogP contribution in [-0.4, -0.2) is 35.5 Å². The Bertz CT molecular complexity index is 616. The second-order valence-corrected chi connectivity index (χ2v) is 7.18. The van der Waals surface area contributed by atoms with Crippen LogP contribution in [0.4, 0.5) is 10.5 Å². The first-order valence-electron chi connectivity index (χ1n) is 8.89. The van der Waals surface area contributed by atoms with Gasteiger partial charge in [0, 0.05) is 24.3 Å². The van der Waals surface area contributed by atoms with Gasteiger partial charge in [-0.05, 0) is 39.2 Å². The second kappa shape index (κ2) is 8.34. The van der Waals surface area contributed by atoms with Crippen molar-refractivity contribution in [2.24, 2.45) is 11.7 Å². The number of amides is 3. The molecule has 2 rings (SSSR count). The van der Waals surface area contributed by atoms with Crippen LogP contribution < -0.4 is 11.1 Å². The van der Waals surface area contributed by atoms with Crippen molar-refractivity contribution in [1.82, 2.24) is 4.90 Å². The number of nitrogens with two attached hydrogens (primary N) is 1. The summed E-state index contributed by atoms with van der Waals surface area (Å²) in [5.74, 6) is -0.600. The third kappa shape index (κ3) is 5.46. The fraction of sp³-hybridized carbons (Fsp3) is 0.579. The lowest BCUT2D eigenvalue weighted by molar-refractivity contribution is -0.123. The van der Waals surface area contributed by atoms with E-state index in [0.29, 0.717) is 19.7 Å². The van der Waals surface area contributed by atoms with Gasteiger partial charge in [-0.2, -0.15) is 0 Å². The zero-order valence-corrected chi connectivity index (χ0v) is 15.4. The summed E-state index contributed by atoms with van der Waals surface area (Å²) in [4.78, 5) is 25.6. The summed E-state index contributed by atoms with van der Waals surface area (Å²) in [5, 5.41) is 2.95. The first-order valence-corrected chi connectivity index (χ1v) is 8.89. The number of benzene rings is 1. The van der Waals surface area contributed by atoms with E-state index < -0.39 is 0 Å². The molecule has 25 heavy (non-hydrogen) atoms. The summed E-state index contributed by atoms with van der Waals surface area (Å²) < 4.78 is 5.95. The van der Waals surface area contributed by atoms with Gasteiger partial charge in [0.25, 0.3) is 0 Å². The summed E-state index contributed by atoms with van der Waals surface area (Å²) >= 11 is 0. The van der Waals surface area contributed by atoms with E-state index in [1.807, 2.05) is 38.1 Å². The molecular formula is C19H29N3O3. The van der Waals surface area contributed by atoms with Crippen LogP contribution in [0.5, 0.6) is 0 Å². The zero-order chi connectivity index (χ0) is 18.4. The number of rotatable bonds is 6. The molecular weight excluding hydrogens is 318 g/mol. The molecule has 0 unspecified atom stereocenters. The molecule has 0 saturated carbocycles. The molecule has 1 aliphatic heterocycles. The maximum atomic E-state index is 12.6. The number of urea groups is 1. The monoisotopic (exact) mass is 347 g/mol. The average molecular weight is 347 g/mol. The highest BCUT2D eigenvalue weighted by Crippen LogP contribution is 2.23. The molecule has 1 aromatic rings. The minimum Gasteiger partial charge on any atom is -0.371 e. The van der Waals surface area contributed by atoms with Gasteiger partial charge in [0.05, 0.1) is 18.1 Å². The number of para-hydroxylation sites is 1. The van der Waals surface area contributed by atoms with E-state index in [2.05, 4.69) is 12.2 Å². The molecule has 1 heterocycles. The maximum absolute atomic E-state index is 12.6. The van der Waals surface area contributed by atoms with E-state index in [1.165, 1.54) is 0 Å². The lowest BCUT2D eigenvalue weighted by Gasteiger charge is -2.31. The summed E-state index contributed by atoms with van der Waals surface area (Å²) in [5.41, 5.74) is 6.84. The molecule has 1 aromatic carbocycles. The first kappa shape index (κ1) is 19.2. The van der Waals surface area contributed by atoms with Crippen molar-refractivity contribution in [2.45, 2.75) is 52.2 Å². The molecule has 0 aromatic heterocycles.